The number of hydrogen-bond donors (Lipinski definition) is 0. The lowest BCUT2D eigenvalue weighted by atomic mass is 9.80. The van der Waals surface area contributed by atoms with Crippen LogP contribution in [-0.2, 0) is 20.2 Å². The van der Waals surface area contributed by atoms with Gasteiger partial charge in [-0.1, -0.05) is 68.5 Å². The number of esters is 1. The molecule has 2 aliphatic carbocycles. The van der Waals surface area contributed by atoms with Gasteiger partial charge in [0, 0.05) is 36.6 Å². The topological polar surface area (TPSA) is 73.3 Å². The van der Waals surface area contributed by atoms with Gasteiger partial charge >= 0.3 is 5.97 Å². The number of Topliss-reactive ketones (excluding diaryl/α,β-unsaturated/α-hetero) is 2. The Balaban J connectivity index is 1.69. The van der Waals surface area contributed by atoms with Crippen LogP contribution in [0, 0.1) is 17.8 Å². The SMILES string of the molecule is C=CCC(F)(F)C1=CC=C(CCCC(=O)c2ncc(-c3ccccc3C(F)(F)C(=C)C)cc2C2CC(=O)C(C(=O)OCC)CCC2C)CC(C)CC1. The van der Waals surface area contributed by atoms with Crippen molar-refractivity contribution in [2.24, 2.45) is 17.8 Å². The number of allylic oxidation sites excluding steroid dienone is 6. The number of nitrogens with zero attached hydrogens (tertiary/aromatic N) is 1. The maximum Gasteiger partial charge on any atom is 0.316 e. The highest BCUT2D eigenvalue weighted by Gasteiger charge is 2.39. The predicted octanol–water partition coefficient (Wildman–Crippen LogP) is 11.3. The summed E-state index contributed by atoms with van der Waals surface area (Å²) in [4.78, 5) is 44.8. The summed E-state index contributed by atoms with van der Waals surface area (Å²) in [5, 5.41) is 0. The number of aromatic nitrogens is 1. The molecule has 52 heavy (non-hydrogen) atoms. The minimum atomic E-state index is -3.33. The van der Waals surface area contributed by atoms with Gasteiger partial charge in [0.25, 0.3) is 11.8 Å². The molecule has 0 bridgehead atoms. The lowest BCUT2D eigenvalue weighted by molar-refractivity contribution is -0.151. The first-order valence-electron chi connectivity index (χ1n) is 18.3. The molecule has 2 aromatic rings. The Hall–Kier alpha value is -4.14. The first-order chi connectivity index (χ1) is 24.6. The van der Waals surface area contributed by atoms with Gasteiger partial charge in [-0.2, -0.15) is 8.78 Å². The van der Waals surface area contributed by atoms with Crippen LogP contribution in [0.3, 0.4) is 0 Å². The Bertz CT molecular complexity index is 1720. The van der Waals surface area contributed by atoms with Crippen LogP contribution in [0.1, 0.15) is 119 Å². The predicted molar refractivity (Wildman–Crippen MR) is 196 cm³/mol. The van der Waals surface area contributed by atoms with Crippen molar-refractivity contribution >= 4 is 17.5 Å². The summed E-state index contributed by atoms with van der Waals surface area (Å²) in [6, 6.07) is 7.79. The number of benzene rings is 1. The average Bonchev–Trinajstić information content (AvgIpc) is 3.23. The molecule has 4 rings (SSSR count). The highest BCUT2D eigenvalue weighted by Crippen LogP contribution is 2.43. The second kappa shape index (κ2) is 17.6. The summed E-state index contributed by atoms with van der Waals surface area (Å²) in [6.07, 6.45) is 9.07. The van der Waals surface area contributed by atoms with Crippen molar-refractivity contribution in [3.63, 3.8) is 0 Å². The van der Waals surface area contributed by atoms with Gasteiger partial charge in [-0.15, -0.1) is 6.58 Å². The summed E-state index contributed by atoms with van der Waals surface area (Å²) in [5.41, 5.74) is 1.76. The van der Waals surface area contributed by atoms with Crippen molar-refractivity contribution in [1.29, 1.82) is 0 Å². The first-order valence-corrected chi connectivity index (χ1v) is 18.3. The number of carbonyl (C=O) groups is 3. The third-order valence-electron chi connectivity index (χ3n) is 10.5. The normalized spacial score (nSPS) is 21.6. The van der Waals surface area contributed by atoms with Gasteiger partial charge in [-0.3, -0.25) is 19.4 Å². The molecule has 1 fully saturated rings. The summed E-state index contributed by atoms with van der Waals surface area (Å²) >= 11 is 0. The number of ether oxygens (including phenoxy) is 1. The number of rotatable bonds is 14. The molecule has 9 heteroatoms. The van der Waals surface area contributed by atoms with Crippen LogP contribution in [0.15, 0.2) is 84.6 Å². The third kappa shape index (κ3) is 9.64. The zero-order chi connectivity index (χ0) is 38.2. The van der Waals surface area contributed by atoms with E-state index in [0.717, 1.165) is 12.0 Å². The van der Waals surface area contributed by atoms with Crippen LogP contribution in [0.4, 0.5) is 17.6 Å². The highest BCUT2D eigenvalue weighted by molar-refractivity contribution is 6.00. The molecular formula is C43H51F4NO4. The third-order valence-corrected chi connectivity index (χ3v) is 10.5. The molecule has 5 nitrogen and oxygen atoms in total. The lowest BCUT2D eigenvalue weighted by Gasteiger charge is -2.25. The highest BCUT2D eigenvalue weighted by atomic mass is 19.3. The summed E-state index contributed by atoms with van der Waals surface area (Å²) in [7, 11) is 0. The van der Waals surface area contributed by atoms with Gasteiger partial charge in [0.1, 0.15) is 17.4 Å². The van der Waals surface area contributed by atoms with E-state index in [9.17, 15) is 23.2 Å². The van der Waals surface area contributed by atoms with Crippen molar-refractivity contribution in [3.05, 3.63) is 101 Å². The minimum absolute atomic E-state index is 0.0322. The van der Waals surface area contributed by atoms with E-state index in [1.54, 1.807) is 31.2 Å². The van der Waals surface area contributed by atoms with Gasteiger partial charge in [-0.25, -0.2) is 8.78 Å². The van der Waals surface area contributed by atoms with Crippen molar-refractivity contribution in [2.75, 3.05) is 6.61 Å². The molecule has 280 valence electrons. The molecule has 1 heterocycles. The molecule has 0 N–H and O–H groups in total. The molecule has 1 aromatic heterocycles. The number of carbonyl (C=O) groups excluding carboxylic acids is 3. The molecule has 4 atom stereocenters. The molecule has 4 unspecified atom stereocenters. The molecule has 0 spiro atoms. The van der Waals surface area contributed by atoms with Crippen LogP contribution in [0.2, 0.25) is 0 Å². The number of hydrogen-bond acceptors (Lipinski definition) is 5. The molecule has 2 aliphatic rings. The lowest BCUT2D eigenvalue weighted by Crippen LogP contribution is -2.26. The van der Waals surface area contributed by atoms with Gasteiger partial charge in [0.05, 0.1) is 6.61 Å². The van der Waals surface area contributed by atoms with Gasteiger partial charge < -0.3 is 4.74 Å². The Morgan fingerprint density at radius 1 is 1.06 bits per heavy atom. The van der Waals surface area contributed by atoms with E-state index >= 15 is 8.78 Å². The van der Waals surface area contributed by atoms with Crippen LogP contribution >= 0.6 is 0 Å². The Morgan fingerprint density at radius 2 is 1.79 bits per heavy atom. The standard InChI is InChI=1S/C43H51F4NO4/c1-7-22-42(44,45)32-19-16-28(5)23-30(18-20-32)12-11-15-38(49)40-36(35-25-39(50)34(21-17-29(35)6)41(51)52-8-2)24-31(26-48-40)33-13-9-10-14-37(33)43(46,47)27(3)4/h7,9-10,13-14,18,20,24,26,28-29,34-35H,1,3,8,11-12,15-17,19,21-23,25H2,2,4-6H3. The zero-order valence-corrected chi connectivity index (χ0v) is 30.8. The first kappa shape index (κ1) is 40.6. The Kier molecular flexibility index (Phi) is 13.7. The number of ketones is 2. The Labute approximate surface area is 305 Å². The largest absolute Gasteiger partial charge is 0.465 e. The van der Waals surface area contributed by atoms with E-state index in [0.29, 0.717) is 49.7 Å². The quantitative estimate of drug-likeness (QED) is 0.0485. The smallest absolute Gasteiger partial charge is 0.316 e. The van der Waals surface area contributed by atoms with Crippen LogP contribution < -0.4 is 0 Å². The van der Waals surface area contributed by atoms with E-state index in [2.05, 4.69) is 18.1 Å². The zero-order valence-electron chi connectivity index (χ0n) is 30.8. The monoisotopic (exact) mass is 721 g/mol. The van der Waals surface area contributed by atoms with Crippen molar-refractivity contribution < 1.29 is 36.7 Å². The minimum Gasteiger partial charge on any atom is -0.465 e. The van der Waals surface area contributed by atoms with Crippen LogP contribution in [0.5, 0.6) is 0 Å². The molecular weight excluding hydrogens is 670 g/mol. The fraction of sp³-hybridized carbons (Fsp3) is 0.488. The maximum absolute atomic E-state index is 15.4. The summed E-state index contributed by atoms with van der Waals surface area (Å²) in [6.45, 7) is 14.1. The Morgan fingerprint density at radius 3 is 2.48 bits per heavy atom. The molecule has 0 radical (unpaired) electrons. The van der Waals surface area contributed by atoms with E-state index in [4.69, 9.17) is 4.74 Å². The molecule has 1 saturated carbocycles. The fourth-order valence-electron chi connectivity index (χ4n) is 7.36. The van der Waals surface area contributed by atoms with E-state index in [1.807, 2.05) is 13.8 Å². The second-order valence-corrected chi connectivity index (χ2v) is 14.5. The van der Waals surface area contributed by atoms with Gasteiger partial charge in [0.2, 0.25) is 0 Å². The van der Waals surface area contributed by atoms with Crippen LogP contribution in [0.25, 0.3) is 11.1 Å². The van der Waals surface area contributed by atoms with Crippen molar-refractivity contribution in [3.8, 4) is 11.1 Å². The molecule has 0 amide bonds. The van der Waals surface area contributed by atoms with Gasteiger partial charge in [-0.05, 0) is 105 Å². The number of halogens is 4. The van der Waals surface area contributed by atoms with Crippen molar-refractivity contribution in [2.45, 2.75) is 110 Å². The number of alkyl halides is 4. The van der Waals surface area contributed by atoms with E-state index < -0.39 is 36.1 Å². The molecule has 1 aromatic carbocycles. The average molecular weight is 722 g/mol. The molecule has 0 saturated heterocycles. The second-order valence-electron chi connectivity index (χ2n) is 14.5. The fourth-order valence-corrected chi connectivity index (χ4v) is 7.36. The van der Waals surface area contributed by atoms with Gasteiger partial charge in [0.15, 0.2) is 5.78 Å². The van der Waals surface area contributed by atoms with E-state index in [-0.39, 0.29) is 70.8 Å². The maximum atomic E-state index is 15.4. The van der Waals surface area contributed by atoms with Crippen LogP contribution in [-0.4, -0.2) is 35.0 Å². The molecule has 0 aliphatic heterocycles. The van der Waals surface area contributed by atoms with Crippen molar-refractivity contribution in [1.82, 2.24) is 4.98 Å². The summed E-state index contributed by atoms with van der Waals surface area (Å²) < 4.78 is 65.5. The summed E-state index contributed by atoms with van der Waals surface area (Å²) in [5.74, 6) is -8.76. The van der Waals surface area contributed by atoms with E-state index in [1.165, 1.54) is 37.4 Å². The number of pyridine rings is 1.